The molecular formula is C13H18O5. The number of aliphatic hydroxyl groups is 1. The number of hydrogen-bond donors (Lipinski definition) is 1. The highest BCUT2D eigenvalue weighted by molar-refractivity contribution is 5.86. The molecule has 1 aromatic heterocycles. The molecule has 0 aliphatic heterocycles. The number of carbonyl (C=O) groups is 1. The van der Waals surface area contributed by atoms with Crippen LogP contribution >= 0.6 is 0 Å². The van der Waals surface area contributed by atoms with Gasteiger partial charge in [0, 0.05) is 13.5 Å². The van der Waals surface area contributed by atoms with Crippen LogP contribution in [-0.4, -0.2) is 31.4 Å². The van der Waals surface area contributed by atoms with E-state index in [0.717, 1.165) is 12.8 Å². The van der Waals surface area contributed by atoms with E-state index in [4.69, 9.17) is 9.15 Å². The molecular weight excluding hydrogens is 236 g/mol. The Morgan fingerprint density at radius 2 is 2.28 bits per heavy atom. The Hall–Kier alpha value is -1.33. The van der Waals surface area contributed by atoms with Gasteiger partial charge in [0.1, 0.15) is 11.4 Å². The highest BCUT2D eigenvalue weighted by Crippen LogP contribution is 2.38. The van der Waals surface area contributed by atoms with Crippen LogP contribution in [0.5, 0.6) is 0 Å². The highest BCUT2D eigenvalue weighted by Gasteiger charge is 2.39. The summed E-state index contributed by atoms with van der Waals surface area (Å²) < 4.78 is 15.3. The van der Waals surface area contributed by atoms with Gasteiger partial charge in [0.25, 0.3) is 0 Å². The lowest BCUT2D eigenvalue weighted by Crippen LogP contribution is -2.35. The van der Waals surface area contributed by atoms with E-state index in [2.05, 4.69) is 4.74 Å². The molecule has 5 heteroatoms. The Labute approximate surface area is 106 Å². The van der Waals surface area contributed by atoms with Crippen molar-refractivity contribution in [2.45, 2.75) is 37.4 Å². The lowest BCUT2D eigenvalue weighted by Gasteiger charge is -2.34. The number of hydrogen-bond acceptors (Lipinski definition) is 5. The van der Waals surface area contributed by atoms with Gasteiger partial charge in [-0.3, -0.25) is 0 Å². The molecule has 0 spiro atoms. The third-order valence-corrected chi connectivity index (χ3v) is 3.47. The van der Waals surface area contributed by atoms with Crippen LogP contribution in [0.15, 0.2) is 16.5 Å². The highest BCUT2D eigenvalue weighted by atomic mass is 16.5. The normalized spacial score (nSPS) is 28.1. The molecule has 0 amide bonds. The van der Waals surface area contributed by atoms with Crippen LogP contribution in [0.3, 0.4) is 0 Å². The van der Waals surface area contributed by atoms with Crippen molar-refractivity contribution in [3.05, 3.63) is 23.7 Å². The second-order valence-corrected chi connectivity index (χ2v) is 4.64. The van der Waals surface area contributed by atoms with E-state index in [0.29, 0.717) is 18.6 Å². The van der Waals surface area contributed by atoms with E-state index < -0.39 is 11.6 Å². The topological polar surface area (TPSA) is 68.9 Å². The molecule has 1 N–H and O–H groups in total. The third kappa shape index (κ3) is 2.42. The van der Waals surface area contributed by atoms with Crippen molar-refractivity contribution in [2.75, 3.05) is 14.2 Å². The third-order valence-electron chi connectivity index (χ3n) is 3.47. The van der Waals surface area contributed by atoms with E-state index in [1.807, 2.05) is 0 Å². The Bertz CT molecular complexity index is 425. The monoisotopic (exact) mass is 254 g/mol. The first-order valence-electron chi connectivity index (χ1n) is 6.03. The van der Waals surface area contributed by atoms with Crippen molar-refractivity contribution in [1.29, 1.82) is 0 Å². The molecule has 1 aromatic rings. The maximum atomic E-state index is 11.3. The van der Waals surface area contributed by atoms with Gasteiger partial charge in [-0.25, -0.2) is 4.79 Å². The van der Waals surface area contributed by atoms with Crippen LogP contribution < -0.4 is 0 Å². The smallest absolute Gasteiger partial charge is 0.373 e. The Balaban J connectivity index is 2.19. The molecule has 0 saturated heterocycles. The molecule has 0 aromatic carbocycles. The van der Waals surface area contributed by atoms with Gasteiger partial charge >= 0.3 is 5.97 Å². The van der Waals surface area contributed by atoms with Crippen molar-refractivity contribution >= 4 is 5.97 Å². The summed E-state index contributed by atoms with van der Waals surface area (Å²) in [6.07, 6.45) is 2.92. The maximum absolute atomic E-state index is 11.3. The lowest BCUT2D eigenvalue weighted by molar-refractivity contribution is -0.0754. The van der Waals surface area contributed by atoms with Crippen LogP contribution in [0.2, 0.25) is 0 Å². The fraction of sp³-hybridized carbons (Fsp3) is 0.615. The average molecular weight is 254 g/mol. The van der Waals surface area contributed by atoms with E-state index in [1.54, 1.807) is 13.2 Å². The molecule has 2 unspecified atom stereocenters. The van der Waals surface area contributed by atoms with Gasteiger partial charge in [-0.15, -0.1) is 0 Å². The number of ether oxygens (including phenoxy) is 2. The molecule has 1 saturated carbocycles. The minimum absolute atomic E-state index is 0.0235. The summed E-state index contributed by atoms with van der Waals surface area (Å²) in [5.41, 5.74) is -1.05. The zero-order valence-corrected chi connectivity index (χ0v) is 10.6. The Morgan fingerprint density at radius 1 is 1.50 bits per heavy atom. The van der Waals surface area contributed by atoms with Crippen LogP contribution in [0, 0.1) is 0 Å². The molecule has 1 aliphatic carbocycles. The summed E-state index contributed by atoms with van der Waals surface area (Å²) >= 11 is 0. The van der Waals surface area contributed by atoms with Gasteiger partial charge in [0.05, 0.1) is 13.2 Å². The standard InChI is InChI=1S/C13H18O5/c1-16-9-4-3-7-13(15,8-9)11-6-5-10(18-11)12(14)17-2/h5-6,9,15H,3-4,7-8H2,1-2H3. The minimum Gasteiger partial charge on any atom is -0.463 e. The predicted octanol–water partition coefficient (Wildman–Crippen LogP) is 1.84. The molecule has 0 radical (unpaired) electrons. The average Bonchev–Trinajstić information content (AvgIpc) is 2.88. The van der Waals surface area contributed by atoms with Crippen molar-refractivity contribution in [3.63, 3.8) is 0 Å². The first-order valence-corrected chi connectivity index (χ1v) is 6.03. The minimum atomic E-state index is -1.05. The lowest BCUT2D eigenvalue weighted by atomic mass is 9.81. The number of carbonyl (C=O) groups excluding carboxylic acids is 1. The summed E-state index contributed by atoms with van der Waals surface area (Å²) in [4.78, 5) is 11.3. The summed E-state index contributed by atoms with van der Waals surface area (Å²) in [7, 11) is 2.93. The van der Waals surface area contributed by atoms with Gasteiger partial charge in [-0.1, -0.05) is 0 Å². The molecule has 18 heavy (non-hydrogen) atoms. The van der Waals surface area contributed by atoms with E-state index in [9.17, 15) is 9.90 Å². The van der Waals surface area contributed by atoms with Crippen LogP contribution in [-0.2, 0) is 15.1 Å². The molecule has 1 aliphatic rings. The van der Waals surface area contributed by atoms with Gasteiger partial charge in [-0.05, 0) is 31.4 Å². The maximum Gasteiger partial charge on any atom is 0.373 e. The van der Waals surface area contributed by atoms with Gasteiger partial charge in [-0.2, -0.15) is 0 Å². The molecule has 1 heterocycles. The van der Waals surface area contributed by atoms with Crippen LogP contribution in [0.1, 0.15) is 42.0 Å². The summed E-state index contributed by atoms with van der Waals surface area (Å²) in [5.74, 6) is -0.0194. The van der Waals surface area contributed by atoms with Crippen LogP contribution in [0.4, 0.5) is 0 Å². The molecule has 2 atom stereocenters. The van der Waals surface area contributed by atoms with Crippen molar-refractivity contribution in [2.24, 2.45) is 0 Å². The van der Waals surface area contributed by atoms with Gasteiger partial charge < -0.3 is 19.0 Å². The number of rotatable bonds is 3. The Morgan fingerprint density at radius 3 is 2.94 bits per heavy atom. The molecule has 0 bridgehead atoms. The summed E-state index contributed by atoms with van der Waals surface area (Å²) in [6.45, 7) is 0. The van der Waals surface area contributed by atoms with E-state index >= 15 is 0 Å². The second-order valence-electron chi connectivity index (χ2n) is 4.64. The van der Waals surface area contributed by atoms with Crippen molar-refractivity contribution in [3.8, 4) is 0 Å². The molecule has 100 valence electrons. The quantitative estimate of drug-likeness (QED) is 0.833. The zero-order chi connectivity index (χ0) is 13.2. The van der Waals surface area contributed by atoms with E-state index in [1.165, 1.54) is 13.2 Å². The molecule has 2 rings (SSSR count). The van der Waals surface area contributed by atoms with Crippen molar-refractivity contribution < 1.29 is 23.8 Å². The van der Waals surface area contributed by atoms with Crippen LogP contribution in [0.25, 0.3) is 0 Å². The van der Waals surface area contributed by atoms with Crippen molar-refractivity contribution in [1.82, 2.24) is 0 Å². The first-order chi connectivity index (χ1) is 8.59. The summed E-state index contributed by atoms with van der Waals surface area (Å²) in [5, 5.41) is 10.6. The zero-order valence-electron chi connectivity index (χ0n) is 10.6. The summed E-state index contributed by atoms with van der Waals surface area (Å²) in [6, 6.07) is 3.15. The van der Waals surface area contributed by atoms with E-state index in [-0.39, 0.29) is 11.9 Å². The number of esters is 1. The molecule has 1 fully saturated rings. The first kappa shape index (κ1) is 13.1. The fourth-order valence-corrected chi connectivity index (χ4v) is 2.43. The molecule has 5 nitrogen and oxygen atoms in total. The largest absolute Gasteiger partial charge is 0.463 e. The fourth-order valence-electron chi connectivity index (χ4n) is 2.43. The number of furan rings is 1. The van der Waals surface area contributed by atoms with Gasteiger partial charge in [0.2, 0.25) is 5.76 Å². The second kappa shape index (κ2) is 5.12. The SMILES string of the molecule is COC(=O)c1ccc(C2(O)CCCC(OC)C2)o1. The number of methoxy groups -OCH3 is 2. The van der Waals surface area contributed by atoms with Gasteiger partial charge in [0.15, 0.2) is 0 Å². The Kier molecular flexibility index (Phi) is 3.73. The predicted molar refractivity (Wildman–Crippen MR) is 63.2 cm³/mol.